The summed E-state index contributed by atoms with van der Waals surface area (Å²) in [5.41, 5.74) is 1.96. The highest BCUT2D eigenvalue weighted by Crippen LogP contribution is 2.15. The zero-order chi connectivity index (χ0) is 20.9. The fraction of sp³-hybridized carbons (Fsp3) is 0.261. The number of H-pyrrole nitrogens is 1. The molecule has 3 heterocycles. The number of nitrogens with zero attached hydrogens (tertiary/aromatic N) is 3. The highest BCUT2D eigenvalue weighted by atomic mass is 16.1. The Bertz CT molecular complexity index is 1170. The van der Waals surface area contributed by atoms with Gasteiger partial charge in [-0.15, -0.1) is 0 Å². The van der Waals surface area contributed by atoms with Crippen molar-refractivity contribution in [2.75, 3.05) is 44.7 Å². The van der Waals surface area contributed by atoms with Gasteiger partial charge in [0.05, 0.1) is 24.1 Å². The van der Waals surface area contributed by atoms with E-state index in [0.717, 1.165) is 37.3 Å². The maximum atomic E-state index is 12.1. The number of carbonyl (C=O) groups is 1. The Hall–Kier alpha value is -3.63. The number of rotatable bonds is 3. The van der Waals surface area contributed by atoms with E-state index < -0.39 is 0 Å². The van der Waals surface area contributed by atoms with Crippen LogP contribution < -0.4 is 15.8 Å². The number of aromatic nitrogens is 2. The lowest BCUT2D eigenvalue weighted by molar-refractivity contribution is 0.0958. The first-order valence-electron chi connectivity index (χ1n) is 9.90. The second kappa shape index (κ2) is 8.80. The molecule has 2 aromatic heterocycles. The smallest absolute Gasteiger partial charge is 0.269 e. The Morgan fingerprint density at radius 2 is 1.97 bits per heavy atom. The van der Waals surface area contributed by atoms with E-state index in [1.807, 2.05) is 36.4 Å². The standard InChI is InChI=1S/C23H23N5O2/c1-24-23(30)21-9-8-19(16-25-21)28-13-11-27(12-14-28)10-4-6-18-15-17-5-2-3-7-20(17)22(29)26-18/h2-3,5,7-9,15-16H,10-14H2,1H3,(H,24,30)(H,26,29). The van der Waals surface area contributed by atoms with Crippen molar-refractivity contribution in [3.05, 3.63) is 70.4 Å². The van der Waals surface area contributed by atoms with Gasteiger partial charge in [-0.05, 0) is 35.6 Å². The van der Waals surface area contributed by atoms with Gasteiger partial charge in [0.1, 0.15) is 5.69 Å². The number of piperazine rings is 1. The number of hydrogen-bond acceptors (Lipinski definition) is 5. The molecule has 0 unspecified atom stereocenters. The Kier molecular flexibility index (Phi) is 5.77. The van der Waals surface area contributed by atoms with Gasteiger partial charge in [0.2, 0.25) is 0 Å². The Balaban J connectivity index is 1.34. The Morgan fingerprint density at radius 3 is 2.70 bits per heavy atom. The molecule has 30 heavy (non-hydrogen) atoms. The molecule has 3 aromatic rings. The fourth-order valence-electron chi connectivity index (χ4n) is 3.52. The predicted octanol–water partition coefficient (Wildman–Crippen LogP) is 1.46. The molecular formula is C23H23N5O2. The summed E-state index contributed by atoms with van der Waals surface area (Å²) in [5, 5.41) is 4.15. The van der Waals surface area contributed by atoms with Crippen molar-refractivity contribution in [3.63, 3.8) is 0 Å². The number of amides is 1. The molecule has 2 N–H and O–H groups in total. The summed E-state index contributed by atoms with van der Waals surface area (Å²) in [7, 11) is 1.59. The van der Waals surface area contributed by atoms with Gasteiger partial charge in [-0.2, -0.15) is 0 Å². The van der Waals surface area contributed by atoms with Crippen LogP contribution >= 0.6 is 0 Å². The topological polar surface area (TPSA) is 81.3 Å². The summed E-state index contributed by atoms with van der Waals surface area (Å²) in [4.78, 5) is 35.4. The van der Waals surface area contributed by atoms with Crippen molar-refractivity contribution < 1.29 is 4.79 Å². The molecular weight excluding hydrogens is 378 g/mol. The van der Waals surface area contributed by atoms with Crippen molar-refractivity contribution in [1.29, 1.82) is 0 Å². The number of aromatic amines is 1. The average molecular weight is 401 g/mol. The van der Waals surface area contributed by atoms with Crippen LogP contribution in [0.25, 0.3) is 10.8 Å². The minimum absolute atomic E-state index is 0.109. The van der Waals surface area contributed by atoms with Gasteiger partial charge in [0.15, 0.2) is 0 Å². The van der Waals surface area contributed by atoms with Crippen LogP contribution in [-0.4, -0.2) is 60.5 Å². The summed E-state index contributed by atoms with van der Waals surface area (Å²) >= 11 is 0. The summed E-state index contributed by atoms with van der Waals surface area (Å²) in [6.07, 6.45) is 1.75. The van der Waals surface area contributed by atoms with Crippen LogP contribution in [0.15, 0.2) is 53.5 Å². The second-order valence-corrected chi connectivity index (χ2v) is 7.15. The predicted molar refractivity (Wildman–Crippen MR) is 118 cm³/mol. The molecule has 1 fully saturated rings. The minimum Gasteiger partial charge on any atom is -0.368 e. The van der Waals surface area contributed by atoms with E-state index >= 15 is 0 Å². The highest BCUT2D eigenvalue weighted by molar-refractivity contribution is 5.92. The lowest BCUT2D eigenvalue weighted by Gasteiger charge is -2.35. The van der Waals surface area contributed by atoms with E-state index in [2.05, 4.69) is 36.9 Å². The van der Waals surface area contributed by atoms with Crippen LogP contribution in [-0.2, 0) is 0 Å². The molecule has 0 saturated carbocycles. The molecule has 7 heteroatoms. The number of carbonyl (C=O) groups excluding carboxylic acids is 1. The summed E-state index contributed by atoms with van der Waals surface area (Å²) in [6.45, 7) is 4.17. The van der Waals surface area contributed by atoms with Gasteiger partial charge in [-0.25, -0.2) is 4.98 Å². The lowest BCUT2D eigenvalue weighted by atomic mass is 10.1. The number of fused-ring (bicyclic) bond motifs is 1. The van der Waals surface area contributed by atoms with Gasteiger partial charge < -0.3 is 15.2 Å². The number of hydrogen-bond donors (Lipinski definition) is 2. The third-order valence-corrected chi connectivity index (χ3v) is 5.22. The Morgan fingerprint density at radius 1 is 1.17 bits per heavy atom. The quantitative estimate of drug-likeness (QED) is 0.650. The number of benzene rings is 1. The van der Waals surface area contributed by atoms with Crippen LogP contribution in [0.5, 0.6) is 0 Å². The lowest BCUT2D eigenvalue weighted by Crippen LogP contribution is -2.46. The first-order chi connectivity index (χ1) is 14.6. The number of pyridine rings is 2. The van der Waals surface area contributed by atoms with E-state index in [4.69, 9.17) is 0 Å². The van der Waals surface area contributed by atoms with Crippen molar-refractivity contribution in [2.45, 2.75) is 0 Å². The maximum absolute atomic E-state index is 12.1. The normalized spacial score (nSPS) is 14.2. The molecule has 1 saturated heterocycles. The molecule has 0 bridgehead atoms. The molecule has 1 aliphatic heterocycles. The van der Waals surface area contributed by atoms with E-state index in [9.17, 15) is 9.59 Å². The van der Waals surface area contributed by atoms with Gasteiger partial charge in [0, 0.05) is 38.6 Å². The van der Waals surface area contributed by atoms with E-state index in [1.165, 1.54) is 0 Å². The highest BCUT2D eigenvalue weighted by Gasteiger charge is 2.17. The van der Waals surface area contributed by atoms with Crippen molar-refractivity contribution in [1.82, 2.24) is 20.2 Å². The van der Waals surface area contributed by atoms with Crippen molar-refractivity contribution in [2.24, 2.45) is 0 Å². The second-order valence-electron chi connectivity index (χ2n) is 7.15. The zero-order valence-electron chi connectivity index (χ0n) is 16.8. The summed E-state index contributed by atoms with van der Waals surface area (Å²) in [5.74, 6) is 6.07. The number of anilines is 1. The van der Waals surface area contributed by atoms with E-state index in [-0.39, 0.29) is 11.5 Å². The van der Waals surface area contributed by atoms with Crippen LogP contribution in [0.2, 0.25) is 0 Å². The molecule has 1 aliphatic rings. The molecule has 1 aromatic carbocycles. The van der Waals surface area contributed by atoms with Gasteiger partial charge in [-0.1, -0.05) is 24.1 Å². The molecule has 0 radical (unpaired) electrons. The van der Waals surface area contributed by atoms with E-state index in [1.54, 1.807) is 19.3 Å². The molecule has 1 amide bonds. The van der Waals surface area contributed by atoms with Gasteiger partial charge in [-0.3, -0.25) is 14.5 Å². The summed E-state index contributed by atoms with van der Waals surface area (Å²) in [6, 6.07) is 13.1. The third-order valence-electron chi connectivity index (χ3n) is 5.22. The van der Waals surface area contributed by atoms with E-state index in [0.29, 0.717) is 23.3 Å². The molecule has 7 nitrogen and oxygen atoms in total. The molecule has 0 spiro atoms. The van der Waals surface area contributed by atoms with Gasteiger partial charge >= 0.3 is 0 Å². The van der Waals surface area contributed by atoms with Crippen LogP contribution in [0.1, 0.15) is 16.2 Å². The monoisotopic (exact) mass is 401 g/mol. The van der Waals surface area contributed by atoms with Crippen LogP contribution in [0, 0.1) is 11.8 Å². The first kappa shape index (κ1) is 19.7. The van der Waals surface area contributed by atoms with Crippen LogP contribution in [0.4, 0.5) is 5.69 Å². The maximum Gasteiger partial charge on any atom is 0.269 e. The van der Waals surface area contributed by atoms with Crippen molar-refractivity contribution >= 4 is 22.4 Å². The molecule has 4 rings (SSSR count). The zero-order valence-corrected chi connectivity index (χ0v) is 16.8. The summed E-state index contributed by atoms with van der Waals surface area (Å²) < 4.78 is 0. The first-order valence-corrected chi connectivity index (χ1v) is 9.90. The molecule has 0 aliphatic carbocycles. The number of nitrogens with one attached hydrogen (secondary N) is 2. The Labute approximate surface area is 174 Å². The molecule has 152 valence electrons. The minimum atomic E-state index is -0.183. The van der Waals surface area contributed by atoms with Crippen LogP contribution in [0.3, 0.4) is 0 Å². The fourth-order valence-corrected chi connectivity index (χ4v) is 3.52. The van der Waals surface area contributed by atoms with Gasteiger partial charge in [0.25, 0.3) is 11.5 Å². The third kappa shape index (κ3) is 4.34. The molecule has 0 atom stereocenters. The largest absolute Gasteiger partial charge is 0.368 e. The SMILES string of the molecule is CNC(=O)c1ccc(N2CCN(CC#Cc3cc4ccccc4c(=O)[nH]3)CC2)cn1. The van der Waals surface area contributed by atoms with Crippen molar-refractivity contribution in [3.8, 4) is 11.8 Å². The average Bonchev–Trinajstić information content (AvgIpc) is 2.79.